The largest absolute Gasteiger partial charge is 0.391 e. The predicted molar refractivity (Wildman–Crippen MR) is 69.0 cm³/mol. The Morgan fingerprint density at radius 2 is 2.06 bits per heavy atom. The van der Waals surface area contributed by atoms with Crippen molar-refractivity contribution in [2.45, 2.75) is 31.4 Å². The van der Waals surface area contributed by atoms with Gasteiger partial charge >= 0.3 is 0 Å². The quantitative estimate of drug-likeness (QED) is 0.830. The highest BCUT2D eigenvalue weighted by molar-refractivity contribution is 5.90. The highest BCUT2D eigenvalue weighted by atomic mass is 16.3. The fourth-order valence-corrected chi connectivity index (χ4v) is 2.53. The molecule has 0 aliphatic heterocycles. The van der Waals surface area contributed by atoms with Gasteiger partial charge in [0, 0.05) is 11.6 Å². The van der Waals surface area contributed by atoms with Gasteiger partial charge in [-0.1, -0.05) is 18.2 Å². The normalized spacial score (nSPS) is 24.1. The van der Waals surface area contributed by atoms with Crippen molar-refractivity contribution in [2.24, 2.45) is 0 Å². The zero-order valence-electron chi connectivity index (χ0n) is 9.63. The van der Waals surface area contributed by atoms with E-state index in [1.807, 2.05) is 18.2 Å². The number of pyridine rings is 1. The van der Waals surface area contributed by atoms with Gasteiger partial charge in [0.1, 0.15) is 0 Å². The van der Waals surface area contributed by atoms with Crippen molar-refractivity contribution in [1.29, 1.82) is 0 Å². The first-order valence-electron chi connectivity index (χ1n) is 6.13. The zero-order valence-corrected chi connectivity index (χ0v) is 9.63. The van der Waals surface area contributed by atoms with Gasteiger partial charge in [0.2, 0.25) is 0 Å². The molecular formula is C14H16N2O. The molecule has 3 rings (SSSR count). The number of hydrogen-bond donors (Lipinski definition) is 2. The Morgan fingerprint density at radius 3 is 2.88 bits per heavy atom. The van der Waals surface area contributed by atoms with E-state index in [9.17, 15) is 5.11 Å². The summed E-state index contributed by atoms with van der Waals surface area (Å²) in [6.45, 7) is 0. The number of nitrogens with one attached hydrogen (secondary N) is 1. The summed E-state index contributed by atoms with van der Waals surface area (Å²) >= 11 is 0. The van der Waals surface area contributed by atoms with E-state index in [0.717, 1.165) is 35.9 Å². The molecule has 1 saturated carbocycles. The Balaban J connectivity index is 1.94. The first-order chi connectivity index (χ1) is 8.34. The SMILES string of the molecule is O[C@H]1CCC[C@@H]1Nc1cccc2cccnc12. The third-order valence-electron chi connectivity index (χ3n) is 3.45. The van der Waals surface area contributed by atoms with Crippen LogP contribution in [-0.4, -0.2) is 22.2 Å². The third-order valence-corrected chi connectivity index (χ3v) is 3.45. The molecule has 2 aromatic rings. The van der Waals surface area contributed by atoms with Crippen molar-refractivity contribution < 1.29 is 5.11 Å². The minimum atomic E-state index is -0.228. The summed E-state index contributed by atoms with van der Waals surface area (Å²) < 4.78 is 0. The molecule has 3 nitrogen and oxygen atoms in total. The first-order valence-corrected chi connectivity index (χ1v) is 6.13. The van der Waals surface area contributed by atoms with E-state index >= 15 is 0 Å². The lowest BCUT2D eigenvalue weighted by Crippen LogP contribution is -2.27. The molecule has 1 aromatic heterocycles. The fourth-order valence-electron chi connectivity index (χ4n) is 2.53. The predicted octanol–water partition coefficient (Wildman–Crippen LogP) is 2.56. The number of nitrogens with zero attached hydrogens (tertiary/aromatic N) is 1. The number of hydrogen-bond acceptors (Lipinski definition) is 3. The molecule has 3 heteroatoms. The Labute approximate surface area is 100 Å². The molecule has 0 bridgehead atoms. The molecule has 1 aliphatic rings. The van der Waals surface area contributed by atoms with Gasteiger partial charge in [0.05, 0.1) is 23.3 Å². The van der Waals surface area contributed by atoms with Crippen LogP contribution < -0.4 is 5.32 Å². The van der Waals surface area contributed by atoms with Crippen LogP contribution in [0.15, 0.2) is 36.5 Å². The summed E-state index contributed by atoms with van der Waals surface area (Å²) in [5.74, 6) is 0. The summed E-state index contributed by atoms with van der Waals surface area (Å²) in [7, 11) is 0. The van der Waals surface area contributed by atoms with Crippen LogP contribution in [0.5, 0.6) is 0 Å². The molecule has 2 N–H and O–H groups in total. The van der Waals surface area contributed by atoms with Gasteiger partial charge in [-0.15, -0.1) is 0 Å². The van der Waals surface area contributed by atoms with Crippen LogP contribution in [-0.2, 0) is 0 Å². The minimum absolute atomic E-state index is 0.169. The maximum atomic E-state index is 9.84. The Kier molecular flexibility index (Phi) is 2.69. The second kappa shape index (κ2) is 4.34. The highest BCUT2D eigenvalue weighted by Crippen LogP contribution is 2.26. The van der Waals surface area contributed by atoms with Gasteiger partial charge in [-0.05, 0) is 31.4 Å². The molecule has 17 heavy (non-hydrogen) atoms. The molecule has 0 spiro atoms. The molecule has 0 amide bonds. The maximum absolute atomic E-state index is 9.84. The topological polar surface area (TPSA) is 45.1 Å². The number of anilines is 1. The van der Waals surface area contributed by atoms with Gasteiger partial charge in [-0.3, -0.25) is 4.98 Å². The summed E-state index contributed by atoms with van der Waals surface area (Å²) in [5.41, 5.74) is 2.00. The minimum Gasteiger partial charge on any atom is -0.391 e. The van der Waals surface area contributed by atoms with E-state index in [1.54, 1.807) is 6.20 Å². The zero-order chi connectivity index (χ0) is 11.7. The van der Waals surface area contributed by atoms with Crippen molar-refractivity contribution in [1.82, 2.24) is 4.98 Å². The third kappa shape index (κ3) is 1.98. The Bertz CT molecular complexity index is 521. The van der Waals surface area contributed by atoms with Crippen LogP contribution in [0.4, 0.5) is 5.69 Å². The van der Waals surface area contributed by atoms with E-state index < -0.39 is 0 Å². The van der Waals surface area contributed by atoms with Crippen LogP contribution in [0, 0.1) is 0 Å². The van der Waals surface area contributed by atoms with E-state index in [0.29, 0.717) is 0 Å². The van der Waals surface area contributed by atoms with Crippen molar-refractivity contribution in [3.63, 3.8) is 0 Å². The molecule has 0 saturated heterocycles. The average Bonchev–Trinajstić information content (AvgIpc) is 2.76. The van der Waals surface area contributed by atoms with Crippen LogP contribution in [0.3, 0.4) is 0 Å². The lowest BCUT2D eigenvalue weighted by molar-refractivity contribution is 0.172. The number of para-hydroxylation sites is 1. The molecule has 1 aliphatic carbocycles. The molecule has 1 heterocycles. The smallest absolute Gasteiger partial charge is 0.0933 e. The van der Waals surface area contributed by atoms with Gasteiger partial charge in [0.25, 0.3) is 0 Å². The van der Waals surface area contributed by atoms with E-state index in [2.05, 4.69) is 22.4 Å². The summed E-state index contributed by atoms with van der Waals surface area (Å²) in [5, 5.41) is 14.4. The van der Waals surface area contributed by atoms with E-state index in [-0.39, 0.29) is 12.1 Å². The van der Waals surface area contributed by atoms with Crippen molar-refractivity contribution in [3.8, 4) is 0 Å². The molecule has 0 radical (unpaired) electrons. The van der Waals surface area contributed by atoms with Gasteiger partial charge in [-0.25, -0.2) is 0 Å². The second-order valence-corrected chi connectivity index (χ2v) is 4.63. The van der Waals surface area contributed by atoms with Crippen molar-refractivity contribution >= 4 is 16.6 Å². The number of aliphatic hydroxyl groups excluding tert-OH is 1. The number of benzene rings is 1. The molecule has 2 atom stereocenters. The molecule has 1 fully saturated rings. The number of fused-ring (bicyclic) bond motifs is 1. The number of rotatable bonds is 2. The van der Waals surface area contributed by atoms with Gasteiger partial charge in [-0.2, -0.15) is 0 Å². The number of aliphatic hydroxyl groups is 1. The van der Waals surface area contributed by atoms with E-state index in [1.165, 1.54) is 0 Å². The monoisotopic (exact) mass is 228 g/mol. The molecular weight excluding hydrogens is 212 g/mol. The van der Waals surface area contributed by atoms with Gasteiger partial charge in [0.15, 0.2) is 0 Å². The standard InChI is InChI=1S/C14H16N2O/c17-13-8-2-6-11(13)16-12-7-1-4-10-5-3-9-15-14(10)12/h1,3-5,7,9,11,13,16-17H,2,6,8H2/t11-,13-/m0/s1. The van der Waals surface area contributed by atoms with Crippen LogP contribution >= 0.6 is 0 Å². The molecule has 0 unspecified atom stereocenters. The van der Waals surface area contributed by atoms with Crippen molar-refractivity contribution in [2.75, 3.05) is 5.32 Å². The first kappa shape index (κ1) is 10.5. The summed E-state index contributed by atoms with van der Waals surface area (Å²) in [6.07, 6.45) is 4.60. The highest BCUT2D eigenvalue weighted by Gasteiger charge is 2.25. The lowest BCUT2D eigenvalue weighted by Gasteiger charge is -2.18. The van der Waals surface area contributed by atoms with Crippen LogP contribution in [0.1, 0.15) is 19.3 Å². The van der Waals surface area contributed by atoms with Gasteiger partial charge < -0.3 is 10.4 Å². The van der Waals surface area contributed by atoms with E-state index in [4.69, 9.17) is 0 Å². The summed E-state index contributed by atoms with van der Waals surface area (Å²) in [6, 6.07) is 10.3. The molecule has 88 valence electrons. The maximum Gasteiger partial charge on any atom is 0.0933 e. The average molecular weight is 228 g/mol. The fraction of sp³-hybridized carbons (Fsp3) is 0.357. The number of aromatic nitrogens is 1. The van der Waals surface area contributed by atoms with Crippen molar-refractivity contribution in [3.05, 3.63) is 36.5 Å². The lowest BCUT2D eigenvalue weighted by atomic mass is 10.1. The Morgan fingerprint density at radius 1 is 1.18 bits per heavy atom. The van der Waals surface area contributed by atoms with Crippen LogP contribution in [0.25, 0.3) is 10.9 Å². The Hall–Kier alpha value is -1.61. The molecule has 1 aromatic carbocycles. The summed E-state index contributed by atoms with van der Waals surface area (Å²) in [4.78, 5) is 4.40. The second-order valence-electron chi connectivity index (χ2n) is 4.63. The van der Waals surface area contributed by atoms with Crippen LogP contribution in [0.2, 0.25) is 0 Å².